The van der Waals surface area contributed by atoms with Crippen molar-refractivity contribution >= 4 is 17.8 Å². The van der Waals surface area contributed by atoms with Crippen molar-refractivity contribution in [3.8, 4) is 0 Å². The molecule has 0 saturated carbocycles. The van der Waals surface area contributed by atoms with Gasteiger partial charge >= 0.3 is 5.97 Å². The van der Waals surface area contributed by atoms with E-state index in [-0.39, 0.29) is 25.2 Å². The zero-order valence-electron chi connectivity index (χ0n) is 15.0. The summed E-state index contributed by atoms with van der Waals surface area (Å²) in [6, 6.07) is -0.859. The standard InChI is InChI=1S/C18H24N2O6/c1-11-12-6-7-18(26-12)14(11)17(24)20(8-4-3-5-9-21)15(18)16(23)19-10-13(22)25-2/h6-7,12,15,21H,3-5,8-10H2,1-2H3,(H,19,23)/t12-,15-,18+/m1/s1. The molecule has 1 spiro atoms. The van der Waals surface area contributed by atoms with Gasteiger partial charge in [0.1, 0.15) is 18.2 Å². The van der Waals surface area contributed by atoms with Crippen LogP contribution in [0.4, 0.5) is 0 Å². The van der Waals surface area contributed by atoms with Crippen LogP contribution in [0.2, 0.25) is 0 Å². The number of rotatable bonds is 8. The second-order valence-corrected chi connectivity index (χ2v) is 6.73. The van der Waals surface area contributed by atoms with Gasteiger partial charge in [0, 0.05) is 13.2 Å². The van der Waals surface area contributed by atoms with Crippen LogP contribution >= 0.6 is 0 Å². The number of amides is 2. The number of carbonyl (C=O) groups is 3. The average Bonchev–Trinajstić information content (AvgIpc) is 3.25. The van der Waals surface area contributed by atoms with Gasteiger partial charge in [-0.25, -0.2) is 0 Å². The van der Waals surface area contributed by atoms with E-state index in [0.29, 0.717) is 25.0 Å². The van der Waals surface area contributed by atoms with Crippen LogP contribution in [-0.2, 0) is 23.9 Å². The topological polar surface area (TPSA) is 105 Å². The third-order valence-corrected chi connectivity index (χ3v) is 5.19. The molecule has 142 valence electrons. The molecule has 3 heterocycles. The van der Waals surface area contributed by atoms with Crippen molar-refractivity contribution in [3.05, 3.63) is 23.3 Å². The lowest BCUT2D eigenvalue weighted by atomic mass is 9.85. The summed E-state index contributed by atoms with van der Waals surface area (Å²) in [5.74, 6) is -1.20. The first-order chi connectivity index (χ1) is 12.5. The Hall–Kier alpha value is -2.19. The van der Waals surface area contributed by atoms with Crippen LogP contribution in [0.1, 0.15) is 26.2 Å². The van der Waals surface area contributed by atoms with E-state index in [2.05, 4.69) is 10.1 Å². The number of methoxy groups -OCH3 is 1. The van der Waals surface area contributed by atoms with Crippen LogP contribution in [0.15, 0.2) is 23.3 Å². The van der Waals surface area contributed by atoms with Crippen molar-refractivity contribution in [1.82, 2.24) is 10.2 Å². The molecule has 8 heteroatoms. The molecular formula is C18H24N2O6. The van der Waals surface area contributed by atoms with E-state index in [1.807, 2.05) is 13.0 Å². The lowest BCUT2D eigenvalue weighted by Gasteiger charge is -2.31. The van der Waals surface area contributed by atoms with Gasteiger partial charge in [0.05, 0.1) is 18.8 Å². The first-order valence-electron chi connectivity index (χ1n) is 8.81. The molecule has 3 aliphatic rings. The van der Waals surface area contributed by atoms with E-state index in [9.17, 15) is 14.4 Å². The summed E-state index contributed by atoms with van der Waals surface area (Å²) in [5.41, 5.74) is 0.287. The third kappa shape index (κ3) is 2.83. The lowest BCUT2D eigenvalue weighted by Crippen LogP contribution is -2.55. The molecule has 2 amide bonds. The highest BCUT2D eigenvalue weighted by molar-refractivity contribution is 6.07. The van der Waals surface area contributed by atoms with Crippen molar-refractivity contribution in [2.24, 2.45) is 0 Å². The highest BCUT2D eigenvalue weighted by atomic mass is 16.5. The number of aliphatic hydroxyl groups is 1. The van der Waals surface area contributed by atoms with E-state index >= 15 is 0 Å². The smallest absolute Gasteiger partial charge is 0.325 e. The molecule has 1 fully saturated rings. The van der Waals surface area contributed by atoms with Crippen LogP contribution in [0, 0.1) is 0 Å². The second kappa shape index (κ2) is 7.20. The van der Waals surface area contributed by atoms with Crippen LogP contribution in [0.3, 0.4) is 0 Å². The van der Waals surface area contributed by atoms with Crippen molar-refractivity contribution < 1.29 is 29.0 Å². The number of hydrogen-bond donors (Lipinski definition) is 2. The number of unbranched alkanes of at least 4 members (excludes halogenated alkanes) is 2. The number of esters is 1. The molecule has 1 saturated heterocycles. The zero-order chi connectivity index (χ0) is 18.9. The number of hydrogen-bond acceptors (Lipinski definition) is 6. The van der Waals surface area contributed by atoms with Gasteiger partial charge in [-0.05, 0) is 37.8 Å². The minimum Gasteiger partial charge on any atom is -0.468 e. The molecule has 3 atom stereocenters. The Morgan fingerprint density at radius 1 is 1.38 bits per heavy atom. The maximum absolute atomic E-state index is 13.0. The monoisotopic (exact) mass is 364 g/mol. The van der Waals surface area contributed by atoms with Gasteiger partial charge in [-0.3, -0.25) is 14.4 Å². The quantitative estimate of drug-likeness (QED) is 0.347. The highest BCUT2D eigenvalue weighted by Crippen LogP contribution is 2.51. The van der Waals surface area contributed by atoms with Gasteiger partial charge in [0.15, 0.2) is 0 Å². The highest BCUT2D eigenvalue weighted by Gasteiger charge is 2.65. The van der Waals surface area contributed by atoms with Crippen LogP contribution in [0.5, 0.6) is 0 Å². The first-order valence-corrected chi connectivity index (χ1v) is 8.81. The summed E-state index contributed by atoms with van der Waals surface area (Å²) in [7, 11) is 1.24. The molecule has 0 aliphatic carbocycles. The Kier molecular flexibility index (Phi) is 5.15. The Bertz CT molecular complexity index is 685. The molecule has 0 unspecified atom stereocenters. The number of nitrogens with zero attached hydrogens (tertiary/aromatic N) is 1. The average molecular weight is 364 g/mol. The molecule has 3 aliphatic heterocycles. The van der Waals surface area contributed by atoms with Crippen LogP contribution in [0.25, 0.3) is 0 Å². The van der Waals surface area contributed by atoms with Crippen LogP contribution < -0.4 is 5.32 Å². The number of aliphatic hydroxyl groups excluding tert-OH is 1. The maximum atomic E-state index is 13.0. The minimum atomic E-state index is -1.08. The summed E-state index contributed by atoms with van der Waals surface area (Å²) >= 11 is 0. The van der Waals surface area contributed by atoms with Crippen molar-refractivity contribution in [3.63, 3.8) is 0 Å². The van der Waals surface area contributed by atoms with Gasteiger partial charge < -0.3 is 24.8 Å². The fourth-order valence-electron chi connectivity index (χ4n) is 3.93. The Morgan fingerprint density at radius 3 is 2.85 bits per heavy atom. The van der Waals surface area contributed by atoms with Crippen LogP contribution in [-0.4, -0.2) is 72.3 Å². The number of nitrogens with one attached hydrogen (secondary N) is 1. The SMILES string of the molecule is COC(=O)CNC(=O)[C@H]1N(CCCCCO)C(=O)C2=C(C)[C@H]3C=C[C@]21O3. The predicted octanol–water partition coefficient (Wildman–Crippen LogP) is -0.327. The number of ether oxygens (including phenoxy) is 2. The Labute approximate surface area is 151 Å². The summed E-state index contributed by atoms with van der Waals surface area (Å²) in [5, 5.41) is 11.5. The lowest BCUT2D eigenvalue weighted by molar-refractivity contribution is -0.143. The molecule has 0 aromatic carbocycles. The van der Waals surface area contributed by atoms with E-state index in [1.54, 1.807) is 6.08 Å². The minimum absolute atomic E-state index is 0.0960. The molecule has 26 heavy (non-hydrogen) atoms. The van der Waals surface area contributed by atoms with Gasteiger partial charge in [-0.2, -0.15) is 0 Å². The van der Waals surface area contributed by atoms with E-state index in [0.717, 1.165) is 12.0 Å². The number of likely N-dealkylation sites (tertiary alicyclic amines) is 1. The fourth-order valence-corrected chi connectivity index (χ4v) is 3.93. The van der Waals surface area contributed by atoms with Crippen molar-refractivity contribution in [2.45, 2.75) is 43.9 Å². The van der Waals surface area contributed by atoms with E-state index < -0.39 is 23.5 Å². The third-order valence-electron chi connectivity index (χ3n) is 5.19. The van der Waals surface area contributed by atoms with Gasteiger partial charge in [0.2, 0.25) is 5.91 Å². The largest absolute Gasteiger partial charge is 0.468 e. The normalized spacial score (nSPS) is 28.7. The van der Waals surface area contributed by atoms with Crippen molar-refractivity contribution in [1.29, 1.82) is 0 Å². The molecule has 0 radical (unpaired) electrons. The Balaban J connectivity index is 1.83. The molecular weight excluding hydrogens is 340 g/mol. The maximum Gasteiger partial charge on any atom is 0.325 e. The zero-order valence-corrected chi connectivity index (χ0v) is 15.0. The summed E-state index contributed by atoms with van der Waals surface area (Å²) in [6.45, 7) is 2.07. The van der Waals surface area contributed by atoms with Gasteiger partial charge in [0.25, 0.3) is 5.91 Å². The second-order valence-electron chi connectivity index (χ2n) is 6.73. The molecule has 0 aromatic rings. The first kappa shape index (κ1) is 18.6. The van der Waals surface area contributed by atoms with E-state index in [1.165, 1.54) is 12.0 Å². The molecule has 8 nitrogen and oxygen atoms in total. The fraction of sp³-hybridized carbons (Fsp3) is 0.611. The number of carbonyl (C=O) groups excluding carboxylic acids is 3. The Morgan fingerprint density at radius 2 is 2.15 bits per heavy atom. The predicted molar refractivity (Wildman–Crippen MR) is 90.9 cm³/mol. The molecule has 2 N–H and O–H groups in total. The molecule has 2 bridgehead atoms. The molecule has 0 aromatic heterocycles. The van der Waals surface area contributed by atoms with Gasteiger partial charge in [-0.1, -0.05) is 6.08 Å². The summed E-state index contributed by atoms with van der Waals surface area (Å²) < 4.78 is 10.6. The summed E-state index contributed by atoms with van der Waals surface area (Å²) in [6.07, 6.45) is 5.44. The van der Waals surface area contributed by atoms with E-state index in [4.69, 9.17) is 9.84 Å². The van der Waals surface area contributed by atoms with Crippen molar-refractivity contribution in [2.75, 3.05) is 26.8 Å². The summed E-state index contributed by atoms with van der Waals surface area (Å²) in [4.78, 5) is 38.7. The molecule has 3 rings (SSSR count). The van der Waals surface area contributed by atoms with Gasteiger partial charge in [-0.15, -0.1) is 0 Å². The number of fused-ring (bicyclic) bond motifs is 1.